The van der Waals surface area contributed by atoms with E-state index in [1.54, 1.807) is 41.0 Å². The number of Topliss-reactive ketones (excluding diaryl/α,β-unsaturated/α-hetero) is 1. The van der Waals surface area contributed by atoms with Crippen LogP contribution in [0.1, 0.15) is 22.8 Å². The summed E-state index contributed by atoms with van der Waals surface area (Å²) in [6.07, 6.45) is 0. The predicted molar refractivity (Wildman–Crippen MR) is 128 cm³/mol. The maximum atomic E-state index is 13.3. The fourth-order valence-electron chi connectivity index (χ4n) is 3.39. The first-order valence-corrected chi connectivity index (χ1v) is 11.0. The molecule has 3 aromatic carbocycles. The summed E-state index contributed by atoms with van der Waals surface area (Å²) >= 11 is 1.23. The molecule has 0 fully saturated rings. The van der Waals surface area contributed by atoms with Crippen molar-refractivity contribution in [3.63, 3.8) is 0 Å². The van der Waals surface area contributed by atoms with Crippen LogP contribution in [0.25, 0.3) is 16.6 Å². The summed E-state index contributed by atoms with van der Waals surface area (Å²) in [5.74, 6) is -0.143. The van der Waals surface area contributed by atoms with E-state index in [-0.39, 0.29) is 23.0 Å². The van der Waals surface area contributed by atoms with E-state index in [0.717, 1.165) is 11.3 Å². The van der Waals surface area contributed by atoms with Crippen molar-refractivity contribution in [3.8, 4) is 5.69 Å². The largest absolute Gasteiger partial charge is 0.326 e. The first-order chi connectivity index (χ1) is 15.4. The fraction of sp³-hybridized carbons (Fsp3) is 0.120. The van der Waals surface area contributed by atoms with E-state index in [2.05, 4.69) is 5.32 Å². The first kappa shape index (κ1) is 21.5. The minimum atomic E-state index is -0.170. The number of nitrogens with zero attached hydrogens (tertiary/aromatic N) is 2. The Kier molecular flexibility index (Phi) is 6.18. The number of hydrogen-bond donors (Lipinski definition) is 1. The number of anilines is 1. The van der Waals surface area contributed by atoms with Crippen molar-refractivity contribution >= 4 is 40.0 Å². The molecule has 0 atom stereocenters. The lowest BCUT2D eigenvalue weighted by Gasteiger charge is -2.15. The highest BCUT2D eigenvalue weighted by Gasteiger charge is 2.16. The Morgan fingerprint density at radius 3 is 2.38 bits per heavy atom. The van der Waals surface area contributed by atoms with Gasteiger partial charge in [0.15, 0.2) is 10.9 Å². The van der Waals surface area contributed by atoms with Gasteiger partial charge in [-0.3, -0.25) is 19.0 Å². The van der Waals surface area contributed by atoms with E-state index < -0.39 is 0 Å². The Morgan fingerprint density at radius 1 is 0.969 bits per heavy atom. The Hall–Kier alpha value is -3.71. The summed E-state index contributed by atoms with van der Waals surface area (Å²) in [4.78, 5) is 42.0. The smallest absolute Gasteiger partial charge is 0.266 e. The number of para-hydroxylation sites is 2. The van der Waals surface area contributed by atoms with E-state index in [0.29, 0.717) is 27.3 Å². The van der Waals surface area contributed by atoms with Crippen LogP contribution in [0.4, 0.5) is 5.69 Å². The number of ketones is 1. The zero-order valence-electron chi connectivity index (χ0n) is 17.7. The molecule has 0 spiro atoms. The topological polar surface area (TPSA) is 81.1 Å². The molecule has 6 nitrogen and oxygen atoms in total. The van der Waals surface area contributed by atoms with Gasteiger partial charge in [-0.25, -0.2) is 4.98 Å². The molecule has 1 aromatic heterocycles. The van der Waals surface area contributed by atoms with Gasteiger partial charge in [0.2, 0.25) is 5.91 Å². The predicted octanol–water partition coefficient (Wildman–Crippen LogP) is 4.63. The molecule has 0 saturated carbocycles. The van der Waals surface area contributed by atoms with E-state index in [1.165, 1.54) is 18.7 Å². The van der Waals surface area contributed by atoms with Gasteiger partial charge in [-0.05, 0) is 55.0 Å². The minimum Gasteiger partial charge on any atom is -0.326 e. The van der Waals surface area contributed by atoms with Gasteiger partial charge >= 0.3 is 0 Å². The number of aromatic nitrogens is 2. The zero-order chi connectivity index (χ0) is 22.7. The molecule has 4 aromatic rings. The number of hydrogen-bond acceptors (Lipinski definition) is 5. The lowest BCUT2D eigenvalue weighted by molar-refractivity contribution is -0.114. The fourth-order valence-corrected chi connectivity index (χ4v) is 4.29. The molecule has 0 bridgehead atoms. The second kappa shape index (κ2) is 9.20. The average molecular weight is 444 g/mol. The number of carbonyl (C=O) groups is 2. The number of amides is 1. The molecule has 1 N–H and O–H groups in total. The van der Waals surface area contributed by atoms with Crippen LogP contribution in [-0.4, -0.2) is 27.0 Å². The summed E-state index contributed by atoms with van der Waals surface area (Å²) in [5, 5.41) is 3.67. The van der Waals surface area contributed by atoms with Crippen LogP contribution in [-0.2, 0) is 4.79 Å². The van der Waals surface area contributed by atoms with Crippen molar-refractivity contribution < 1.29 is 9.59 Å². The molecule has 4 rings (SSSR count). The number of aryl methyl sites for hydroxylation is 1. The van der Waals surface area contributed by atoms with E-state index >= 15 is 0 Å². The van der Waals surface area contributed by atoms with Gasteiger partial charge < -0.3 is 5.32 Å². The molecule has 0 aliphatic heterocycles. The third kappa shape index (κ3) is 4.48. The second-order valence-electron chi connectivity index (χ2n) is 7.31. The third-order valence-corrected chi connectivity index (χ3v) is 5.90. The number of thioether (sulfide) groups is 1. The van der Waals surface area contributed by atoms with E-state index in [4.69, 9.17) is 4.98 Å². The highest BCUT2D eigenvalue weighted by Crippen LogP contribution is 2.24. The van der Waals surface area contributed by atoms with Crippen LogP contribution in [0.2, 0.25) is 0 Å². The van der Waals surface area contributed by atoms with Gasteiger partial charge in [0.1, 0.15) is 0 Å². The van der Waals surface area contributed by atoms with Crippen molar-refractivity contribution in [2.75, 3.05) is 11.1 Å². The summed E-state index contributed by atoms with van der Waals surface area (Å²) in [5.41, 5.74) is 3.26. The van der Waals surface area contributed by atoms with Gasteiger partial charge in [-0.1, -0.05) is 42.1 Å². The van der Waals surface area contributed by atoms with Crippen molar-refractivity contribution in [1.82, 2.24) is 9.55 Å². The lowest BCUT2D eigenvalue weighted by Crippen LogP contribution is -2.23. The maximum absolute atomic E-state index is 13.3. The Balaban J connectivity index is 1.67. The quantitative estimate of drug-likeness (QED) is 0.267. The first-order valence-electron chi connectivity index (χ1n) is 10.1. The molecule has 32 heavy (non-hydrogen) atoms. The molecule has 0 saturated heterocycles. The van der Waals surface area contributed by atoms with Crippen LogP contribution < -0.4 is 10.9 Å². The summed E-state index contributed by atoms with van der Waals surface area (Å²) in [7, 11) is 0. The van der Waals surface area contributed by atoms with Gasteiger partial charge in [-0.2, -0.15) is 0 Å². The van der Waals surface area contributed by atoms with Gasteiger partial charge in [0.25, 0.3) is 5.56 Å². The molecule has 1 amide bonds. The zero-order valence-corrected chi connectivity index (χ0v) is 18.5. The molecule has 0 aliphatic rings. The summed E-state index contributed by atoms with van der Waals surface area (Å²) in [6.45, 7) is 3.37. The van der Waals surface area contributed by atoms with Crippen LogP contribution >= 0.6 is 11.8 Å². The minimum absolute atomic E-state index is 0.0943. The summed E-state index contributed by atoms with van der Waals surface area (Å²) in [6, 6.07) is 21.5. The van der Waals surface area contributed by atoms with Crippen LogP contribution in [0, 0.1) is 6.92 Å². The Bertz CT molecular complexity index is 1380. The molecular formula is C25H21N3O3S. The van der Waals surface area contributed by atoms with E-state index in [1.807, 2.05) is 43.3 Å². The molecular weight excluding hydrogens is 422 g/mol. The Labute approximate surface area is 189 Å². The van der Waals surface area contributed by atoms with Crippen LogP contribution in [0.5, 0.6) is 0 Å². The molecule has 0 aliphatic carbocycles. The van der Waals surface area contributed by atoms with Crippen LogP contribution in [0.3, 0.4) is 0 Å². The highest BCUT2D eigenvalue weighted by molar-refractivity contribution is 7.99. The van der Waals surface area contributed by atoms with Crippen LogP contribution in [0.15, 0.2) is 82.7 Å². The van der Waals surface area contributed by atoms with Crippen molar-refractivity contribution in [1.29, 1.82) is 0 Å². The monoisotopic (exact) mass is 443 g/mol. The van der Waals surface area contributed by atoms with Crippen molar-refractivity contribution in [2.24, 2.45) is 0 Å². The second-order valence-corrected chi connectivity index (χ2v) is 8.25. The third-order valence-electron chi connectivity index (χ3n) is 4.96. The van der Waals surface area contributed by atoms with Crippen molar-refractivity contribution in [2.45, 2.75) is 19.0 Å². The average Bonchev–Trinajstić information content (AvgIpc) is 2.78. The van der Waals surface area contributed by atoms with Gasteiger partial charge in [0.05, 0.1) is 22.3 Å². The molecule has 0 radical (unpaired) electrons. The number of benzene rings is 3. The van der Waals surface area contributed by atoms with Crippen molar-refractivity contribution in [3.05, 3.63) is 94.3 Å². The maximum Gasteiger partial charge on any atom is 0.266 e. The van der Waals surface area contributed by atoms with E-state index in [9.17, 15) is 14.4 Å². The molecule has 1 heterocycles. The summed E-state index contributed by atoms with van der Waals surface area (Å²) < 4.78 is 1.58. The Morgan fingerprint density at radius 2 is 1.66 bits per heavy atom. The van der Waals surface area contributed by atoms with Gasteiger partial charge in [0, 0.05) is 18.2 Å². The number of nitrogens with one attached hydrogen (secondary N) is 1. The highest BCUT2D eigenvalue weighted by atomic mass is 32.2. The number of rotatable bonds is 6. The lowest BCUT2D eigenvalue weighted by atomic mass is 10.1. The SMILES string of the molecule is CC(=O)Nc1ccc(C(=O)CSc2nc3ccccc3c(=O)n2-c2ccccc2C)cc1. The normalized spacial score (nSPS) is 10.8. The van der Waals surface area contributed by atoms with Gasteiger partial charge in [-0.15, -0.1) is 0 Å². The molecule has 0 unspecified atom stereocenters. The molecule has 7 heteroatoms. The standard InChI is InChI=1S/C25H21N3O3S/c1-16-7-3-6-10-22(16)28-24(31)20-8-4-5-9-21(20)27-25(28)32-15-23(30)18-11-13-19(14-12-18)26-17(2)29/h3-14H,15H2,1-2H3,(H,26,29). The molecule has 160 valence electrons. The number of fused-ring (bicyclic) bond motifs is 1. The number of carbonyl (C=O) groups excluding carboxylic acids is 2.